The first-order valence-electron chi connectivity index (χ1n) is 9.24. The standard InChI is InChI=1S/C21H24N2O3S/c1-16(2)19-20-21(15-26-22-20,27(24,25)18-11-7-4-8-12-18)14-23(19)13-17-9-5-3-6-10-17/h3-12,16,19H,13-15H2,1-2H3/t19-,21+/m0/s1. The van der Waals surface area contributed by atoms with Crippen LogP contribution in [-0.2, 0) is 21.2 Å². The lowest BCUT2D eigenvalue weighted by Gasteiger charge is -2.27. The van der Waals surface area contributed by atoms with Crippen LogP contribution in [0.3, 0.4) is 0 Å². The van der Waals surface area contributed by atoms with Crippen molar-refractivity contribution in [2.24, 2.45) is 11.1 Å². The van der Waals surface area contributed by atoms with Gasteiger partial charge in [-0.1, -0.05) is 67.5 Å². The molecule has 0 aromatic heterocycles. The number of fused-ring (bicyclic) bond motifs is 1. The predicted octanol–water partition coefficient (Wildman–Crippen LogP) is 3.13. The average molecular weight is 385 g/mol. The van der Waals surface area contributed by atoms with Crippen LogP contribution in [0, 0.1) is 5.92 Å². The molecular weight excluding hydrogens is 360 g/mol. The van der Waals surface area contributed by atoms with Crippen molar-refractivity contribution in [3.63, 3.8) is 0 Å². The monoisotopic (exact) mass is 384 g/mol. The SMILES string of the molecule is CC(C)[C@H]1C2=NOC[C@]2(S(=O)(=O)c2ccccc2)CN1Cc1ccccc1. The van der Waals surface area contributed by atoms with Gasteiger partial charge in [-0.3, -0.25) is 4.90 Å². The van der Waals surface area contributed by atoms with Gasteiger partial charge >= 0.3 is 0 Å². The summed E-state index contributed by atoms with van der Waals surface area (Å²) in [4.78, 5) is 7.95. The lowest BCUT2D eigenvalue weighted by molar-refractivity contribution is 0.132. The largest absolute Gasteiger partial charge is 0.394 e. The van der Waals surface area contributed by atoms with Crippen LogP contribution in [-0.4, -0.2) is 43.0 Å². The van der Waals surface area contributed by atoms with E-state index in [-0.39, 0.29) is 18.6 Å². The Balaban J connectivity index is 1.76. The van der Waals surface area contributed by atoms with Gasteiger partial charge in [-0.05, 0) is 23.6 Å². The summed E-state index contributed by atoms with van der Waals surface area (Å²) in [5.74, 6) is 0.224. The summed E-state index contributed by atoms with van der Waals surface area (Å²) in [5, 5.41) is 4.25. The van der Waals surface area contributed by atoms with Gasteiger partial charge in [0, 0.05) is 13.1 Å². The number of nitrogens with zero attached hydrogens (tertiary/aromatic N) is 2. The number of sulfone groups is 1. The summed E-state index contributed by atoms with van der Waals surface area (Å²) < 4.78 is 26.1. The summed E-state index contributed by atoms with van der Waals surface area (Å²) in [6.07, 6.45) is 0. The molecule has 6 heteroatoms. The number of hydrogen-bond donors (Lipinski definition) is 0. The highest BCUT2D eigenvalue weighted by atomic mass is 32.2. The van der Waals surface area contributed by atoms with E-state index in [0.717, 1.165) is 5.56 Å². The van der Waals surface area contributed by atoms with Crippen LogP contribution in [0.2, 0.25) is 0 Å². The molecule has 2 heterocycles. The number of oxime groups is 1. The molecule has 0 spiro atoms. The molecule has 2 aromatic carbocycles. The Hall–Kier alpha value is -2.18. The maximum Gasteiger partial charge on any atom is 0.194 e. The van der Waals surface area contributed by atoms with Crippen molar-refractivity contribution >= 4 is 15.5 Å². The Morgan fingerprint density at radius 2 is 1.74 bits per heavy atom. The van der Waals surface area contributed by atoms with Crippen molar-refractivity contribution in [3.8, 4) is 0 Å². The third kappa shape index (κ3) is 2.87. The first kappa shape index (κ1) is 18.2. The molecule has 0 radical (unpaired) electrons. The molecule has 0 amide bonds. The van der Waals surface area contributed by atoms with Crippen molar-refractivity contribution in [3.05, 3.63) is 66.2 Å². The fraction of sp³-hybridized carbons (Fsp3) is 0.381. The minimum Gasteiger partial charge on any atom is -0.394 e. The van der Waals surface area contributed by atoms with E-state index in [1.54, 1.807) is 24.3 Å². The van der Waals surface area contributed by atoms with Gasteiger partial charge in [0.2, 0.25) is 0 Å². The van der Waals surface area contributed by atoms with E-state index in [2.05, 4.69) is 36.0 Å². The van der Waals surface area contributed by atoms with Crippen molar-refractivity contribution in [1.29, 1.82) is 0 Å². The van der Waals surface area contributed by atoms with E-state index in [9.17, 15) is 8.42 Å². The van der Waals surface area contributed by atoms with E-state index >= 15 is 0 Å². The molecule has 5 nitrogen and oxygen atoms in total. The third-order valence-electron chi connectivity index (χ3n) is 5.49. The molecule has 2 aromatic rings. The fourth-order valence-corrected chi connectivity index (χ4v) is 6.19. The lowest BCUT2D eigenvalue weighted by atomic mass is 9.95. The van der Waals surface area contributed by atoms with Crippen LogP contribution in [0.25, 0.3) is 0 Å². The summed E-state index contributed by atoms with van der Waals surface area (Å²) >= 11 is 0. The smallest absolute Gasteiger partial charge is 0.194 e. The molecule has 4 rings (SSSR count). The van der Waals surface area contributed by atoms with Gasteiger partial charge in [-0.25, -0.2) is 8.42 Å². The summed E-state index contributed by atoms with van der Waals surface area (Å²) in [6, 6.07) is 18.7. The van der Waals surface area contributed by atoms with E-state index in [4.69, 9.17) is 4.84 Å². The molecule has 2 aliphatic rings. The lowest BCUT2D eigenvalue weighted by Crippen LogP contribution is -2.48. The highest BCUT2D eigenvalue weighted by molar-refractivity contribution is 7.93. The van der Waals surface area contributed by atoms with E-state index in [1.807, 2.05) is 24.3 Å². The maximum atomic E-state index is 13.6. The number of rotatable bonds is 5. The molecule has 27 heavy (non-hydrogen) atoms. The normalized spacial score (nSPS) is 25.3. The highest BCUT2D eigenvalue weighted by Crippen LogP contribution is 2.42. The van der Waals surface area contributed by atoms with Gasteiger partial charge < -0.3 is 4.84 Å². The van der Waals surface area contributed by atoms with Crippen LogP contribution in [0.5, 0.6) is 0 Å². The fourth-order valence-electron chi connectivity index (χ4n) is 4.25. The minimum absolute atomic E-state index is 0.0637. The van der Waals surface area contributed by atoms with E-state index in [0.29, 0.717) is 23.7 Å². The topological polar surface area (TPSA) is 59.0 Å². The summed E-state index contributed by atoms with van der Waals surface area (Å²) in [5.41, 5.74) is 1.81. The molecule has 1 fully saturated rings. The summed E-state index contributed by atoms with van der Waals surface area (Å²) in [6.45, 7) is 5.37. The second-order valence-electron chi connectivity index (χ2n) is 7.64. The molecule has 0 N–H and O–H groups in total. The van der Waals surface area contributed by atoms with Crippen molar-refractivity contribution < 1.29 is 13.3 Å². The molecule has 142 valence electrons. The molecule has 0 bridgehead atoms. The Morgan fingerprint density at radius 3 is 2.37 bits per heavy atom. The van der Waals surface area contributed by atoms with E-state index in [1.165, 1.54) is 0 Å². The first-order valence-corrected chi connectivity index (χ1v) is 10.7. The van der Waals surface area contributed by atoms with Crippen molar-refractivity contribution in [2.75, 3.05) is 13.2 Å². The molecule has 1 saturated heterocycles. The number of hydrogen-bond acceptors (Lipinski definition) is 5. The van der Waals surface area contributed by atoms with Crippen LogP contribution >= 0.6 is 0 Å². The van der Waals surface area contributed by atoms with Gasteiger partial charge in [0.25, 0.3) is 0 Å². The van der Waals surface area contributed by atoms with Crippen LogP contribution < -0.4 is 0 Å². The molecule has 0 aliphatic carbocycles. The van der Waals surface area contributed by atoms with Gasteiger partial charge in [-0.15, -0.1) is 0 Å². The van der Waals surface area contributed by atoms with Crippen LogP contribution in [0.1, 0.15) is 19.4 Å². The molecule has 2 aliphatic heterocycles. The van der Waals surface area contributed by atoms with Crippen molar-refractivity contribution in [1.82, 2.24) is 4.90 Å². The second-order valence-corrected chi connectivity index (χ2v) is 9.90. The second kappa shape index (κ2) is 6.77. The Labute approximate surface area is 160 Å². The maximum absolute atomic E-state index is 13.6. The zero-order chi connectivity index (χ0) is 19.1. The predicted molar refractivity (Wildman–Crippen MR) is 105 cm³/mol. The molecule has 0 saturated carbocycles. The molecule has 2 atom stereocenters. The average Bonchev–Trinajstić information content (AvgIpc) is 3.20. The number of benzene rings is 2. The third-order valence-corrected chi connectivity index (χ3v) is 7.86. The van der Waals surface area contributed by atoms with E-state index < -0.39 is 14.6 Å². The van der Waals surface area contributed by atoms with Crippen LogP contribution in [0.4, 0.5) is 0 Å². The first-order chi connectivity index (χ1) is 13.0. The van der Waals surface area contributed by atoms with Gasteiger partial charge in [-0.2, -0.15) is 0 Å². The Kier molecular flexibility index (Phi) is 4.56. The van der Waals surface area contributed by atoms with Crippen molar-refractivity contribution in [2.45, 2.75) is 36.1 Å². The summed E-state index contributed by atoms with van der Waals surface area (Å²) in [7, 11) is -3.63. The van der Waals surface area contributed by atoms with Crippen LogP contribution in [0.15, 0.2) is 70.7 Å². The van der Waals surface area contributed by atoms with Gasteiger partial charge in [0.15, 0.2) is 14.6 Å². The zero-order valence-corrected chi connectivity index (χ0v) is 16.4. The Morgan fingerprint density at radius 1 is 1.11 bits per heavy atom. The quantitative estimate of drug-likeness (QED) is 0.795. The highest BCUT2D eigenvalue weighted by Gasteiger charge is 2.62. The minimum atomic E-state index is -3.63. The Bertz CT molecular complexity index is 942. The zero-order valence-electron chi connectivity index (χ0n) is 15.6. The van der Waals surface area contributed by atoms with Gasteiger partial charge in [0.05, 0.1) is 10.9 Å². The molecular formula is C21H24N2O3S. The van der Waals surface area contributed by atoms with Gasteiger partial charge in [0.1, 0.15) is 12.3 Å². The number of likely N-dealkylation sites (tertiary alicyclic amines) is 1. The molecule has 0 unspecified atom stereocenters.